The van der Waals surface area contributed by atoms with Gasteiger partial charge in [0, 0.05) is 11.0 Å². The molecule has 0 amide bonds. The largest absolute Gasteiger partial charge is 0.497 e. The number of benzene rings is 2. The van der Waals surface area contributed by atoms with Crippen molar-refractivity contribution >= 4 is 17.7 Å². The SMILES string of the molecule is COc1cc(OC)cc(C(=O)Oc2ccc(SC)cc2)c1. The number of esters is 1. The van der Waals surface area contributed by atoms with Crippen LogP contribution in [0.15, 0.2) is 47.4 Å². The molecular weight excluding hydrogens is 288 g/mol. The molecule has 110 valence electrons. The van der Waals surface area contributed by atoms with E-state index in [1.807, 2.05) is 18.4 Å². The fourth-order valence-electron chi connectivity index (χ4n) is 1.74. The van der Waals surface area contributed by atoms with Crippen molar-refractivity contribution in [3.8, 4) is 17.2 Å². The number of thioether (sulfide) groups is 1. The first-order chi connectivity index (χ1) is 10.2. The maximum absolute atomic E-state index is 12.2. The molecule has 0 aromatic heterocycles. The van der Waals surface area contributed by atoms with Crippen LogP contribution in [0, 0.1) is 0 Å². The number of rotatable bonds is 5. The lowest BCUT2D eigenvalue weighted by Crippen LogP contribution is -2.09. The van der Waals surface area contributed by atoms with Gasteiger partial charge in [-0.05, 0) is 42.7 Å². The van der Waals surface area contributed by atoms with Gasteiger partial charge >= 0.3 is 5.97 Å². The van der Waals surface area contributed by atoms with Crippen LogP contribution < -0.4 is 14.2 Å². The highest BCUT2D eigenvalue weighted by Crippen LogP contribution is 2.24. The Balaban J connectivity index is 2.18. The van der Waals surface area contributed by atoms with Gasteiger partial charge in [0.1, 0.15) is 17.2 Å². The third kappa shape index (κ3) is 3.92. The lowest BCUT2D eigenvalue weighted by atomic mass is 10.2. The number of methoxy groups -OCH3 is 2. The van der Waals surface area contributed by atoms with E-state index in [4.69, 9.17) is 14.2 Å². The van der Waals surface area contributed by atoms with Crippen LogP contribution in [0.1, 0.15) is 10.4 Å². The summed E-state index contributed by atoms with van der Waals surface area (Å²) in [7, 11) is 3.07. The second-order valence-corrected chi connectivity index (χ2v) is 5.05. The van der Waals surface area contributed by atoms with E-state index in [1.165, 1.54) is 14.2 Å². The van der Waals surface area contributed by atoms with E-state index < -0.39 is 5.97 Å². The molecular formula is C16H16O4S. The minimum Gasteiger partial charge on any atom is -0.497 e. The van der Waals surface area contributed by atoms with Crippen LogP contribution >= 0.6 is 11.8 Å². The van der Waals surface area contributed by atoms with Crippen molar-refractivity contribution < 1.29 is 19.0 Å². The van der Waals surface area contributed by atoms with Gasteiger partial charge in [-0.2, -0.15) is 0 Å². The number of hydrogen-bond donors (Lipinski definition) is 0. The van der Waals surface area contributed by atoms with Crippen molar-refractivity contribution in [1.82, 2.24) is 0 Å². The van der Waals surface area contributed by atoms with Crippen molar-refractivity contribution in [3.63, 3.8) is 0 Å². The predicted octanol–water partition coefficient (Wildman–Crippen LogP) is 3.64. The highest BCUT2D eigenvalue weighted by atomic mass is 32.2. The van der Waals surface area contributed by atoms with Crippen LogP contribution in [-0.2, 0) is 0 Å². The van der Waals surface area contributed by atoms with E-state index in [2.05, 4.69) is 0 Å². The molecule has 0 aliphatic rings. The first-order valence-electron chi connectivity index (χ1n) is 6.25. The summed E-state index contributed by atoms with van der Waals surface area (Å²) in [6.45, 7) is 0. The molecule has 0 spiro atoms. The van der Waals surface area contributed by atoms with Crippen molar-refractivity contribution in [2.45, 2.75) is 4.90 Å². The Morgan fingerprint density at radius 1 is 0.905 bits per heavy atom. The highest BCUT2D eigenvalue weighted by Gasteiger charge is 2.12. The molecule has 2 aromatic carbocycles. The summed E-state index contributed by atoms with van der Waals surface area (Å²) in [5.41, 5.74) is 0.375. The third-order valence-corrected chi connectivity index (χ3v) is 3.60. The molecule has 0 heterocycles. The monoisotopic (exact) mass is 304 g/mol. The van der Waals surface area contributed by atoms with Crippen molar-refractivity contribution in [3.05, 3.63) is 48.0 Å². The van der Waals surface area contributed by atoms with Crippen molar-refractivity contribution in [2.75, 3.05) is 20.5 Å². The Labute approximate surface area is 128 Å². The molecule has 0 N–H and O–H groups in total. The molecule has 0 atom stereocenters. The van der Waals surface area contributed by atoms with Gasteiger partial charge < -0.3 is 14.2 Å². The van der Waals surface area contributed by atoms with Crippen molar-refractivity contribution in [2.24, 2.45) is 0 Å². The molecule has 0 aliphatic carbocycles. The number of hydrogen-bond acceptors (Lipinski definition) is 5. The maximum Gasteiger partial charge on any atom is 0.343 e. The number of carbonyl (C=O) groups excluding carboxylic acids is 1. The molecule has 0 fully saturated rings. The van der Waals surface area contributed by atoms with Crippen LogP contribution in [0.3, 0.4) is 0 Å². The Hall–Kier alpha value is -2.14. The normalized spacial score (nSPS) is 10.0. The number of carbonyl (C=O) groups is 1. The Bertz CT molecular complexity index is 600. The Morgan fingerprint density at radius 2 is 1.48 bits per heavy atom. The van der Waals surface area contributed by atoms with Gasteiger partial charge in [0.2, 0.25) is 0 Å². The van der Waals surface area contributed by atoms with Crippen LogP contribution in [0.2, 0.25) is 0 Å². The summed E-state index contributed by atoms with van der Waals surface area (Å²) in [5, 5.41) is 0. The van der Waals surface area contributed by atoms with E-state index in [0.29, 0.717) is 22.8 Å². The molecule has 21 heavy (non-hydrogen) atoms. The van der Waals surface area contributed by atoms with E-state index >= 15 is 0 Å². The Morgan fingerprint density at radius 3 is 1.95 bits per heavy atom. The molecule has 4 nitrogen and oxygen atoms in total. The lowest BCUT2D eigenvalue weighted by molar-refractivity contribution is 0.0734. The zero-order valence-corrected chi connectivity index (χ0v) is 12.9. The summed E-state index contributed by atoms with van der Waals surface area (Å²) in [6.07, 6.45) is 1.99. The van der Waals surface area contributed by atoms with Gasteiger partial charge in [-0.1, -0.05) is 0 Å². The molecule has 5 heteroatoms. The fourth-order valence-corrected chi connectivity index (χ4v) is 2.14. The zero-order chi connectivity index (χ0) is 15.2. The van der Waals surface area contributed by atoms with Gasteiger partial charge in [0.05, 0.1) is 19.8 Å². The van der Waals surface area contributed by atoms with Crippen LogP contribution in [-0.4, -0.2) is 26.4 Å². The average Bonchev–Trinajstić information content (AvgIpc) is 2.54. The molecule has 0 unspecified atom stereocenters. The minimum absolute atomic E-state index is 0.375. The number of ether oxygens (including phenoxy) is 3. The topological polar surface area (TPSA) is 44.8 Å². The van der Waals surface area contributed by atoms with E-state index in [1.54, 1.807) is 42.1 Å². The molecule has 0 saturated carbocycles. The second kappa shape index (κ2) is 7.04. The van der Waals surface area contributed by atoms with Crippen LogP contribution in [0.4, 0.5) is 0 Å². The first-order valence-corrected chi connectivity index (χ1v) is 7.48. The zero-order valence-electron chi connectivity index (χ0n) is 12.1. The second-order valence-electron chi connectivity index (χ2n) is 4.17. The van der Waals surface area contributed by atoms with E-state index in [0.717, 1.165) is 4.90 Å². The minimum atomic E-state index is -0.455. The van der Waals surface area contributed by atoms with Gasteiger partial charge in [0.25, 0.3) is 0 Å². The smallest absolute Gasteiger partial charge is 0.343 e. The first kappa shape index (κ1) is 15.3. The van der Waals surface area contributed by atoms with Crippen LogP contribution in [0.5, 0.6) is 17.2 Å². The predicted molar refractivity (Wildman–Crippen MR) is 82.7 cm³/mol. The van der Waals surface area contributed by atoms with Crippen molar-refractivity contribution in [1.29, 1.82) is 0 Å². The van der Waals surface area contributed by atoms with Crippen LogP contribution in [0.25, 0.3) is 0 Å². The van der Waals surface area contributed by atoms with E-state index in [-0.39, 0.29) is 0 Å². The molecule has 2 aromatic rings. The fraction of sp³-hybridized carbons (Fsp3) is 0.188. The average molecular weight is 304 g/mol. The van der Waals surface area contributed by atoms with Gasteiger partial charge in [-0.15, -0.1) is 11.8 Å². The summed E-state index contributed by atoms with van der Waals surface area (Å²) in [6, 6.07) is 12.3. The third-order valence-electron chi connectivity index (χ3n) is 2.86. The molecule has 2 rings (SSSR count). The summed E-state index contributed by atoms with van der Waals surface area (Å²) in [4.78, 5) is 13.3. The van der Waals surface area contributed by atoms with Gasteiger partial charge in [-0.25, -0.2) is 4.79 Å². The maximum atomic E-state index is 12.2. The Kier molecular flexibility index (Phi) is 5.11. The summed E-state index contributed by atoms with van der Waals surface area (Å²) in [5.74, 6) is 1.13. The molecule has 0 radical (unpaired) electrons. The van der Waals surface area contributed by atoms with E-state index in [9.17, 15) is 4.79 Å². The molecule has 0 bridgehead atoms. The quantitative estimate of drug-likeness (QED) is 0.479. The standard InChI is InChI=1S/C16H16O4S/c1-18-13-8-11(9-14(10-13)19-2)16(17)20-12-4-6-15(21-3)7-5-12/h4-10H,1-3H3. The lowest BCUT2D eigenvalue weighted by Gasteiger charge is -2.09. The highest BCUT2D eigenvalue weighted by molar-refractivity contribution is 7.98. The van der Waals surface area contributed by atoms with Gasteiger partial charge in [-0.3, -0.25) is 0 Å². The summed E-state index contributed by atoms with van der Waals surface area (Å²) < 4.78 is 15.6. The molecule has 0 aliphatic heterocycles. The summed E-state index contributed by atoms with van der Waals surface area (Å²) >= 11 is 1.63. The molecule has 0 saturated heterocycles. The van der Waals surface area contributed by atoms with Gasteiger partial charge in [0.15, 0.2) is 0 Å².